The van der Waals surface area contributed by atoms with Gasteiger partial charge in [-0.25, -0.2) is 0 Å². The standard InChI is InChI=1S/C17H25F2N3O3.HI/c1-4-24-15(23)6-5-9-21-17(20-3)22-11-13-10-12(2)7-8-14(13)25-16(18)19;/h7-8,10,16H,4-6,9,11H2,1-3H3,(H2,20,21,22);1H. The molecule has 1 aromatic carbocycles. The predicted octanol–water partition coefficient (Wildman–Crippen LogP) is 3.22. The SMILES string of the molecule is CCOC(=O)CCCNC(=NC)NCc1cc(C)ccc1OC(F)F.I. The Morgan fingerprint density at radius 1 is 1.31 bits per heavy atom. The van der Waals surface area contributed by atoms with Crippen molar-refractivity contribution >= 4 is 35.9 Å². The summed E-state index contributed by atoms with van der Waals surface area (Å²) in [6, 6.07) is 5.01. The molecule has 1 rings (SSSR count). The third-order valence-electron chi connectivity index (χ3n) is 3.26. The zero-order valence-electron chi connectivity index (χ0n) is 15.2. The van der Waals surface area contributed by atoms with Gasteiger partial charge in [0.25, 0.3) is 0 Å². The summed E-state index contributed by atoms with van der Waals surface area (Å²) in [5.41, 5.74) is 1.55. The van der Waals surface area contributed by atoms with Crippen LogP contribution < -0.4 is 15.4 Å². The van der Waals surface area contributed by atoms with E-state index in [0.29, 0.717) is 37.5 Å². The number of aliphatic imine (C=N–C) groups is 1. The van der Waals surface area contributed by atoms with Crippen LogP contribution in [0.1, 0.15) is 30.9 Å². The molecule has 1 aromatic rings. The van der Waals surface area contributed by atoms with Gasteiger partial charge in [-0.3, -0.25) is 9.79 Å². The van der Waals surface area contributed by atoms with Crippen molar-refractivity contribution in [2.24, 2.45) is 4.99 Å². The number of nitrogens with one attached hydrogen (secondary N) is 2. The highest BCUT2D eigenvalue weighted by Crippen LogP contribution is 2.21. The Labute approximate surface area is 169 Å². The quantitative estimate of drug-likeness (QED) is 0.185. The average molecular weight is 485 g/mol. The Morgan fingerprint density at radius 3 is 2.65 bits per heavy atom. The van der Waals surface area contributed by atoms with E-state index in [0.717, 1.165) is 5.56 Å². The molecule has 0 spiro atoms. The first kappa shape index (κ1) is 24.4. The minimum absolute atomic E-state index is 0. The number of carbonyl (C=O) groups is 1. The lowest BCUT2D eigenvalue weighted by molar-refractivity contribution is -0.143. The number of esters is 1. The van der Waals surface area contributed by atoms with Crippen molar-refractivity contribution in [1.29, 1.82) is 0 Å². The highest BCUT2D eigenvalue weighted by Gasteiger charge is 2.10. The Bertz CT molecular complexity index is 586. The second kappa shape index (κ2) is 13.5. The van der Waals surface area contributed by atoms with Gasteiger partial charge < -0.3 is 20.1 Å². The Balaban J connectivity index is 0.00000625. The van der Waals surface area contributed by atoms with Gasteiger partial charge in [-0.05, 0) is 26.3 Å². The lowest BCUT2D eigenvalue weighted by Crippen LogP contribution is -2.37. The van der Waals surface area contributed by atoms with Crippen LogP contribution in [0.25, 0.3) is 0 Å². The molecule has 0 heterocycles. The third-order valence-corrected chi connectivity index (χ3v) is 3.26. The van der Waals surface area contributed by atoms with Gasteiger partial charge >= 0.3 is 12.6 Å². The number of alkyl halides is 2. The molecule has 0 saturated carbocycles. The molecule has 0 saturated heterocycles. The summed E-state index contributed by atoms with van der Waals surface area (Å²) in [7, 11) is 1.60. The van der Waals surface area contributed by atoms with E-state index in [2.05, 4.69) is 20.4 Å². The van der Waals surface area contributed by atoms with Crippen LogP contribution in [-0.2, 0) is 16.1 Å². The number of halogens is 3. The van der Waals surface area contributed by atoms with Gasteiger partial charge in [0, 0.05) is 32.1 Å². The molecule has 0 unspecified atom stereocenters. The van der Waals surface area contributed by atoms with Crippen molar-refractivity contribution in [3.8, 4) is 5.75 Å². The molecule has 0 amide bonds. The summed E-state index contributed by atoms with van der Waals surface area (Å²) in [6.45, 7) is 1.95. The first-order valence-corrected chi connectivity index (χ1v) is 8.10. The first-order chi connectivity index (χ1) is 12.0. The Hall–Kier alpha value is -1.65. The second-order valence-electron chi connectivity index (χ2n) is 5.25. The predicted molar refractivity (Wildman–Crippen MR) is 107 cm³/mol. The van der Waals surface area contributed by atoms with E-state index in [1.165, 1.54) is 6.07 Å². The van der Waals surface area contributed by atoms with Gasteiger partial charge in [0.2, 0.25) is 0 Å². The zero-order valence-corrected chi connectivity index (χ0v) is 17.5. The van der Waals surface area contributed by atoms with E-state index in [1.807, 2.05) is 6.92 Å². The molecular formula is C17H26F2IN3O3. The molecule has 0 aliphatic heterocycles. The minimum Gasteiger partial charge on any atom is -0.466 e. The van der Waals surface area contributed by atoms with Gasteiger partial charge in [-0.1, -0.05) is 17.7 Å². The largest absolute Gasteiger partial charge is 0.466 e. The lowest BCUT2D eigenvalue weighted by Gasteiger charge is -2.15. The fourth-order valence-corrected chi connectivity index (χ4v) is 2.13. The van der Waals surface area contributed by atoms with Crippen LogP contribution in [0.15, 0.2) is 23.2 Å². The number of benzene rings is 1. The third kappa shape index (κ3) is 9.73. The fraction of sp³-hybridized carbons (Fsp3) is 0.529. The molecule has 26 heavy (non-hydrogen) atoms. The number of carbonyl (C=O) groups excluding carboxylic acids is 1. The number of ether oxygens (including phenoxy) is 2. The van der Waals surface area contributed by atoms with Crippen molar-refractivity contribution in [3.05, 3.63) is 29.3 Å². The Kier molecular flexibility index (Phi) is 12.7. The van der Waals surface area contributed by atoms with Crippen molar-refractivity contribution in [2.45, 2.75) is 39.8 Å². The topological polar surface area (TPSA) is 72.0 Å². The second-order valence-corrected chi connectivity index (χ2v) is 5.25. The number of nitrogens with zero attached hydrogens (tertiary/aromatic N) is 1. The van der Waals surface area contributed by atoms with Gasteiger partial charge in [-0.15, -0.1) is 24.0 Å². The van der Waals surface area contributed by atoms with E-state index in [1.54, 1.807) is 26.1 Å². The molecule has 148 valence electrons. The lowest BCUT2D eigenvalue weighted by atomic mass is 10.1. The molecule has 0 radical (unpaired) electrons. The van der Waals surface area contributed by atoms with Crippen molar-refractivity contribution in [2.75, 3.05) is 20.2 Å². The molecule has 0 atom stereocenters. The summed E-state index contributed by atoms with van der Waals surface area (Å²) in [5, 5.41) is 6.09. The molecule has 0 aliphatic carbocycles. The van der Waals surface area contributed by atoms with Gasteiger partial charge in [0.15, 0.2) is 5.96 Å². The summed E-state index contributed by atoms with van der Waals surface area (Å²) >= 11 is 0. The minimum atomic E-state index is -2.87. The van der Waals surface area contributed by atoms with Gasteiger partial charge in [0.1, 0.15) is 5.75 Å². The number of rotatable bonds is 9. The number of guanidine groups is 1. The van der Waals surface area contributed by atoms with Gasteiger partial charge in [-0.2, -0.15) is 8.78 Å². The van der Waals surface area contributed by atoms with Crippen LogP contribution in [0, 0.1) is 6.92 Å². The Morgan fingerprint density at radius 2 is 2.04 bits per heavy atom. The maximum atomic E-state index is 12.5. The van der Waals surface area contributed by atoms with Crippen LogP contribution in [0.4, 0.5) is 8.78 Å². The van der Waals surface area contributed by atoms with Gasteiger partial charge in [0.05, 0.1) is 6.61 Å². The van der Waals surface area contributed by atoms with Crippen molar-refractivity contribution in [3.63, 3.8) is 0 Å². The van der Waals surface area contributed by atoms with E-state index in [9.17, 15) is 13.6 Å². The maximum absolute atomic E-state index is 12.5. The molecule has 0 aromatic heterocycles. The van der Waals surface area contributed by atoms with Crippen LogP contribution >= 0.6 is 24.0 Å². The molecule has 0 fully saturated rings. The molecule has 9 heteroatoms. The average Bonchev–Trinajstić information content (AvgIpc) is 2.56. The van der Waals surface area contributed by atoms with Crippen LogP contribution in [0.3, 0.4) is 0 Å². The number of hydrogen-bond donors (Lipinski definition) is 2. The van der Waals surface area contributed by atoms with Crippen molar-refractivity contribution < 1.29 is 23.0 Å². The van der Waals surface area contributed by atoms with Crippen LogP contribution in [-0.4, -0.2) is 38.7 Å². The van der Waals surface area contributed by atoms with E-state index >= 15 is 0 Å². The fourth-order valence-electron chi connectivity index (χ4n) is 2.13. The molecule has 2 N–H and O–H groups in total. The van der Waals surface area contributed by atoms with Crippen LogP contribution in [0.5, 0.6) is 5.75 Å². The smallest absolute Gasteiger partial charge is 0.387 e. The molecule has 6 nitrogen and oxygen atoms in total. The first-order valence-electron chi connectivity index (χ1n) is 8.10. The normalized spacial score (nSPS) is 10.9. The number of aryl methyl sites for hydroxylation is 1. The zero-order chi connectivity index (χ0) is 18.7. The van der Waals surface area contributed by atoms with Crippen molar-refractivity contribution in [1.82, 2.24) is 10.6 Å². The van der Waals surface area contributed by atoms with E-state index < -0.39 is 6.61 Å². The number of hydrogen-bond acceptors (Lipinski definition) is 4. The molecule has 0 aliphatic rings. The summed E-state index contributed by atoms with van der Waals surface area (Å²) < 4.78 is 34.3. The van der Waals surface area contributed by atoms with Crippen LogP contribution in [0.2, 0.25) is 0 Å². The summed E-state index contributed by atoms with van der Waals surface area (Å²) in [4.78, 5) is 15.3. The highest BCUT2D eigenvalue weighted by atomic mass is 127. The monoisotopic (exact) mass is 485 g/mol. The highest BCUT2D eigenvalue weighted by molar-refractivity contribution is 14.0. The summed E-state index contributed by atoms with van der Waals surface area (Å²) in [5.74, 6) is 0.403. The summed E-state index contributed by atoms with van der Waals surface area (Å²) in [6.07, 6.45) is 0.922. The molecular weight excluding hydrogens is 459 g/mol. The maximum Gasteiger partial charge on any atom is 0.387 e. The van der Waals surface area contributed by atoms with E-state index in [4.69, 9.17) is 4.74 Å². The molecule has 0 bridgehead atoms. The van der Waals surface area contributed by atoms with E-state index in [-0.39, 0.29) is 42.2 Å².